The maximum absolute atomic E-state index is 12.2. The molecule has 0 fully saturated rings. The number of thioether (sulfide) groups is 1. The third kappa shape index (κ3) is 4.82. The number of nitrogen functional groups attached to an aromatic ring is 2. The van der Waals surface area contributed by atoms with Crippen LogP contribution in [0.15, 0.2) is 29.4 Å². The van der Waals surface area contributed by atoms with E-state index in [-0.39, 0.29) is 23.6 Å². The van der Waals surface area contributed by atoms with E-state index in [1.165, 1.54) is 0 Å². The first kappa shape index (κ1) is 17.0. The van der Waals surface area contributed by atoms with E-state index in [0.717, 1.165) is 29.4 Å². The summed E-state index contributed by atoms with van der Waals surface area (Å²) >= 11 is 1.16. The summed E-state index contributed by atoms with van der Waals surface area (Å²) in [6.45, 7) is 4.25. The van der Waals surface area contributed by atoms with E-state index in [2.05, 4.69) is 34.1 Å². The number of nitrogens with two attached hydrogens (primary N) is 2. The van der Waals surface area contributed by atoms with Crippen molar-refractivity contribution in [1.82, 2.24) is 15.0 Å². The molecular formula is C15H20N6OS. The van der Waals surface area contributed by atoms with Crippen molar-refractivity contribution in [1.29, 1.82) is 0 Å². The van der Waals surface area contributed by atoms with Crippen LogP contribution in [-0.2, 0) is 4.79 Å². The number of hydrogen-bond acceptors (Lipinski definition) is 7. The van der Waals surface area contributed by atoms with Crippen LogP contribution >= 0.6 is 11.8 Å². The number of benzene rings is 1. The Morgan fingerprint density at radius 1 is 1.22 bits per heavy atom. The molecule has 1 heterocycles. The molecule has 2 aromatic rings. The van der Waals surface area contributed by atoms with Gasteiger partial charge in [0.25, 0.3) is 0 Å². The van der Waals surface area contributed by atoms with E-state index in [1.54, 1.807) is 0 Å². The number of carbonyl (C=O) groups is 1. The van der Waals surface area contributed by atoms with Crippen molar-refractivity contribution in [2.24, 2.45) is 0 Å². The number of nitrogens with one attached hydrogen (secondary N) is 1. The molecule has 7 nitrogen and oxygen atoms in total. The predicted octanol–water partition coefficient (Wildman–Crippen LogP) is 2.28. The van der Waals surface area contributed by atoms with Crippen molar-refractivity contribution in [2.45, 2.75) is 31.3 Å². The molecule has 0 saturated carbocycles. The average molecular weight is 332 g/mol. The highest BCUT2D eigenvalue weighted by Gasteiger charge is 2.12. The lowest BCUT2D eigenvalue weighted by Gasteiger charge is -2.15. The summed E-state index contributed by atoms with van der Waals surface area (Å²) in [5.41, 5.74) is 13.0. The minimum atomic E-state index is -0.136. The molecule has 0 aliphatic carbocycles. The average Bonchev–Trinajstić information content (AvgIpc) is 2.52. The quantitative estimate of drug-likeness (QED) is 0.694. The largest absolute Gasteiger partial charge is 0.368 e. The Labute approximate surface area is 139 Å². The van der Waals surface area contributed by atoms with Crippen LogP contribution in [0.4, 0.5) is 17.6 Å². The highest BCUT2D eigenvalue weighted by molar-refractivity contribution is 7.99. The minimum absolute atomic E-state index is 0.0440. The molecule has 0 aliphatic rings. The number of anilines is 3. The first-order valence-electron chi connectivity index (χ1n) is 7.28. The Hall–Kier alpha value is -2.35. The van der Waals surface area contributed by atoms with Gasteiger partial charge in [0.05, 0.1) is 5.75 Å². The van der Waals surface area contributed by atoms with Crippen LogP contribution in [0, 0.1) is 0 Å². The molecule has 122 valence electrons. The number of hydrogen-bond donors (Lipinski definition) is 3. The zero-order chi connectivity index (χ0) is 16.8. The fraction of sp³-hybridized carbons (Fsp3) is 0.333. The Bertz CT molecular complexity index is 673. The number of amides is 1. The van der Waals surface area contributed by atoms with Gasteiger partial charge in [-0.3, -0.25) is 4.79 Å². The maximum Gasteiger partial charge on any atom is 0.234 e. The fourth-order valence-electron chi connectivity index (χ4n) is 2.03. The molecule has 5 N–H and O–H groups in total. The van der Waals surface area contributed by atoms with Crippen LogP contribution < -0.4 is 16.8 Å². The number of rotatable bonds is 6. The molecule has 0 bridgehead atoms. The zero-order valence-electron chi connectivity index (χ0n) is 13.1. The van der Waals surface area contributed by atoms with Crippen molar-refractivity contribution in [3.63, 3.8) is 0 Å². The lowest BCUT2D eigenvalue weighted by molar-refractivity contribution is -0.113. The summed E-state index contributed by atoms with van der Waals surface area (Å²) in [6, 6.07) is 7.82. The molecule has 8 heteroatoms. The van der Waals surface area contributed by atoms with Gasteiger partial charge in [-0.15, -0.1) is 0 Å². The summed E-state index contributed by atoms with van der Waals surface area (Å²) in [7, 11) is 0. The van der Waals surface area contributed by atoms with Crippen LogP contribution in [0.5, 0.6) is 0 Å². The first-order valence-corrected chi connectivity index (χ1v) is 8.26. The molecule has 1 atom stereocenters. The van der Waals surface area contributed by atoms with Gasteiger partial charge in [0, 0.05) is 5.69 Å². The van der Waals surface area contributed by atoms with Gasteiger partial charge in [0.15, 0.2) is 5.16 Å². The lowest BCUT2D eigenvalue weighted by Crippen LogP contribution is -2.16. The fourth-order valence-corrected chi connectivity index (χ4v) is 2.68. The van der Waals surface area contributed by atoms with Crippen LogP contribution in [0.25, 0.3) is 0 Å². The Balaban J connectivity index is 2.00. The Morgan fingerprint density at radius 2 is 1.87 bits per heavy atom. The second kappa shape index (κ2) is 7.77. The number of nitrogens with zero attached hydrogens (tertiary/aromatic N) is 3. The summed E-state index contributed by atoms with van der Waals surface area (Å²) in [4.78, 5) is 23.7. The molecular weight excluding hydrogens is 312 g/mol. The van der Waals surface area contributed by atoms with E-state index in [4.69, 9.17) is 11.5 Å². The normalized spacial score (nSPS) is 11.9. The summed E-state index contributed by atoms with van der Waals surface area (Å²) in [6.07, 6.45) is 1.01. The molecule has 2 rings (SSSR count). The summed E-state index contributed by atoms with van der Waals surface area (Å²) < 4.78 is 0. The third-order valence-corrected chi connectivity index (χ3v) is 4.21. The molecule has 0 saturated heterocycles. The van der Waals surface area contributed by atoms with Crippen molar-refractivity contribution >= 4 is 35.3 Å². The van der Waals surface area contributed by atoms with Crippen molar-refractivity contribution in [3.8, 4) is 0 Å². The highest BCUT2D eigenvalue weighted by Crippen LogP contribution is 2.26. The molecule has 23 heavy (non-hydrogen) atoms. The van der Waals surface area contributed by atoms with Crippen molar-refractivity contribution in [2.75, 3.05) is 22.5 Å². The molecule has 1 aromatic carbocycles. The molecule has 1 amide bonds. The second-order valence-corrected chi connectivity index (χ2v) is 6.01. The van der Waals surface area contributed by atoms with Gasteiger partial charge in [-0.2, -0.15) is 15.0 Å². The topological polar surface area (TPSA) is 120 Å². The molecule has 0 spiro atoms. The van der Waals surface area contributed by atoms with Gasteiger partial charge < -0.3 is 16.8 Å². The maximum atomic E-state index is 12.2. The monoisotopic (exact) mass is 332 g/mol. The van der Waals surface area contributed by atoms with Gasteiger partial charge in [-0.1, -0.05) is 43.8 Å². The summed E-state index contributed by atoms with van der Waals surface area (Å²) in [5, 5.41) is 3.27. The Kier molecular flexibility index (Phi) is 5.75. The predicted molar refractivity (Wildman–Crippen MR) is 93.2 cm³/mol. The molecule has 0 aliphatic heterocycles. The number of aromatic nitrogens is 3. The van der Waals surface area contributed by atoms with Crippen molar-refractivity contribution in [3.05, 3.63) is 29.8 Å². The van der Waals surface area contributed by atoms with Crippen LogP contribution in [0.3, 0.4) is 0 Å². The highest BCUT2D eigenvalue weighted by atomic mass is 32.2. The standard InChI is InChI=1S/C15H20N6OS/c1-3-9(2)10-6-4-5-7-11(10)18-12(22)8-23-15-20-13(16)19-14(17)21-15/h4-7,9H,3,8H2,1-2H3,(H,18,22)(H4,16,17,19,20,21)/t9-/m0/s1. The second-order valence-electron chi connectivity index (χ2n) is 5.07. The molecule has 0 unspecified atom stereocenters. The summed E-state index contributed by atoms with van der Waals surface area (Å²) in [5.74, 6) is 0.494. The molecule has 0 radical (unpaired) electrons. The minimum Gasteiger partial charge on any atom is -0.368 e. The molecule has 1 aromatic heterocycles. The number of carbonyl (C=O) groups excluding carboxylic acids is 1. The lowest BCUT2D eigenvalue weighted by atomic mass is 9.97. The van der Waals surface area contributed by atoms with Gasteiger partial charge in [0.2, 0.25) is 17.8 Å². The van der Waals surface area contributed by atoms with Crippen LogP contribution in [0.2, 0.25) is 0 Å². The third-order valence-electron chi connectivity index (χ3n) is 3.36. The van der Waals surface area contributed by atoms with Gasteiger partial charge in [0.1, 0.15) is 0 Å². The van der Waals surface area contributed by atoms with Gasteiger partial charge in [-0.05, 0) is 24.0 Å². The van der Waals surface area contributed by atoms with Crippen LogP contribution in [0.1, 0.15) is 31.7 Å². The first-order chi connectivity index (χ1) is 11.0. The number of para-hydroxylation sites is 1. The van der Waals surface area contributed by atoms with Gasteiger partial charge in [-0.25, -0.2) is 0 Å². The Morgan fingerprint density at radius 3 is 2.52 bits per heavy atom. The van der Waals surface area contributed by atoms with E-state index < -0.39 is 0 Å². The van der Waals surface area contributed by atoms with E-state index >= 15 is 0 Å². The smallest absolute Gasteiger partial charge is 0.234 e. The van der Waals surface area contributed by atoms with Crippen molar-refractivity contribution < 1.29 is 4.79 Å². The van der Waals surface area contributed by atoms with E-state index in [9.17, 15) is 4.79 Å². The van der Waals surface area contributed by atoms with Crippen LogP contribution in [-0.4, -0.2) is 26.6 Å². The zero-order valence-corrected chi connectivity index (χ0v) is 13.9. The van der Waals surface area contributed by atoms with Gasteiger partial charge >= 0.3 is 0 Å². The SMILES string of the molecule is CC[C@H](C)c1ccccc1NC(=O)CSc1nc(N)nc(N)n1. The van der Waals surface area contributed by atoms with E-state index in [0.29, 0.717) is 11.1 Å². The van der Waals surface area contributed by atoms with E-state index in [1.807, 2.05) is 24.3 Å².